The first-order chi connectivity index (χ1) is 11.4. The third-order valence-corrected chi connectivity index (χ3v) is 4.01. The highest BCUT2D eigenvalue weighted by Gasteiger charge is 2.17. The molecule has 6 nitrogen and oxygen atoms in total. The Labute approximate surface area is 141 Å². The molecule has 124 valence electrons. The van der Waals surface area contributed by atoms with Crippen LogP contribution < -0.4 is 5.32 Å². The van der Waals surface area contributed by atoms with Gasteiger partial charge in [-0.3, -0.25) is 9.59 Å². The van der Waals surface area contributed by atoms with Crippen LogP contribution in [-0.4, -0.2) is 22.0 Å². The van der Waals surface area contributed by atoms with E-state index in [0.29, 0.717) is 11.3 Å². The molecule has 1 heterocycles. The smallest absolute Gasteiger partial charge is 0.303 e. The van der Waals surface area contributed by atoms with E-state index in [1.807, 2.05) is 6.07 Å². The molecule has 1 amide bonds. The number of carbonyl (C=O) groups excluding carboxylic acids is 1. The maximum absolute atomic E-state index is 13.3. The van der Waals surface area contributed by atoms with Crippen molar-refractivity contribution in [3.8, 4) is 17.3 Å². The minimum absolute atomic E-state index is 0.0308. The highest BCUT2D eigenvalue weighted by molar-refractivity contribution is 7.16. The van der Waals surface area contributed by atoms with Crippen LogP contribution in [0.4, 0.5) is 9.52 Å². The maximum atomic E-state index is 13.3. The summed E-state index contributed by atoms with van der Waals surface area (Å²) in [5.41, 5.74) is 0.749. The molecule has 1 unspecified atom stereocenters. The second-order valence-electron chi connectivity index (χ2n) is 5.27. The Balaban J connectivity index is 2.14. The van der Waals surface area contributed by atoms with E-state index in [9.17, 15) is 19.2 Å². The van der Waals surface area contributed by atoms with Crippen molar-refractivity contribution in [2.24, 2.45) is 5.92 Å². The lowest BCUT2D eigenvalue weighted by atomic mass is 10.0. The van der Waals surface area contributed by atoms with E-state index < -0.39 is 11.8 Å². The third-order valence-electron chi connectivity index (χ3n) is 3.13. The summed E-state index contributed by atoms with van der Waals surface area (Å²) in [5, 5.41) is 20.7. The quantitative estimate of drug-likeness (QED) is 0.835. The molecule has 0 saturated heterocycles. The van der Waals surface area contributed by atoms with Crippen molar-refractivity contribution in [1.29, 1.82) is 5.26 Å². The summed E-state index contributed by atoms with van der Waals surface area (Å²) in [6.45, 7) is 1.66. The van der Waals surface area contributed by atoms with Gasteiger partial charge in [0.1, 0.15) is 22.5 Å². The first-order valence-electron chi connectivity index (χ1n) is 7.07. The number of amides is 1. The van der Waals surface area contributed by atoms with Crippen molar-refractivity contribution in [2.75, 3.05) is 5.32 Å². The van der Waals surface area contributed by atoms with Gasteiger partial charge in [0.25, 0.3) is 0 Å². The number of aliphatic carboxylic acids is 1. The maximum Gasteiger partial charge on any atom is 0.303 e. The summed E-state index contributed by atoms with van der Waals surface area (Å²) < 4.78 is 13.3. The molecule has 1 aromatic carbocycles. The van der Waals surface area contributed by atoms with Crippen LogP contribution in [0.3, 0.4) is 0 Å². The molecule has 8 heteroatoms. The normalized spacial score (nSPS) is 11.5. The number of rotatable bonds is 6. The molecule has 0 bridgehead atoms. The molecule has 0 saturated carbocycles. The van der Waals surface area contributed by atoms with Crippen molar-refractivity contribution >= 4 is 28.3 Å². The number of halogens is 1. The molecule has 0 aliphatic heterocycles. The number of hydrogen-bond donors (Lipinski definition) is 2. The standard InChI is InChI=1S/C16H14FN3O3S/c1-9(6-14(22)23)5-13(21)19-16-20-15(12(8-18)24-16)10-3-2-4-11(17)7-10/h2-4,7,9H,5-6H2,1H3,(H,22,23)(H,19,20,21). The highest BCUT2D eigenvalue weighted by Crippen LogP contribution is 2.31. The lowest BCUT2D eigenvalue weighted by Crippen LogP contribution is -2.16. The Kier molecular flexibility index (Phi) is 5.60. The molecule has 24 heavy (non-hydrogen) atoms. The monoisotopic (exact) mass is 347 g/mol. The molecule has 0 radical (unpaired) electrons. The van der Waals surface area contributed by atoms with Crippen LogP contribution in [0.1, 0.15) is 24.6 Å². The molecule has 0 aliphatic carbocycles. The average Bonchev–Trinajstić information content (AvgIpc) is 2.88. The van der Waals surface area contributed by atoms with Gasteiger partial charge in [0.2, 0.25) is 5.91 Å². The first-order valence-corrected chi connectivity index (χ1v) is 7.89. The first kappa shape index (κ1) is 17.6. The Morgan fingerprint density at radius 1 is 1.46 bits per heavy atom. The van der Waals surface area contributed by atoms with Gasteiger partial charge < -0.3 is 10.4 Å². The summed E-state index contributed by atoms with van der Waals surface area (Å²) in [4.78, 5) is 27.0. The lowest BCUT2D eigenvalue weighted by molar-refractivity contribution is -0.138. The number of carbonyl (C=O) groups is 2. The fourth-order valence-corrected chi connectivity index (χ4v) is 2.94. The van der Waals surface area contributed by atoms with Crippen LogP contribution in [0, 0.1) is 23.1 Å². The van der Waals surface area contributed by atoms with E-state index >= 15 is 0 Å². The van der Waals surface area contributed by atoms with Gasteiger partial charge in [0.15, 0.2) is 5.13 Å². The minimum Gasteiger partial charge on any atom is -0.481 e. The zero-order chi connectivity index (χ0) is 17.7. The lowest BCUT2D eigenvalue weighted by Gasteiger charge is -2.07. The van der Waals surface area contributed by atoms with Gasteiger partial charge in [0.05, 0.1) is 0 Å². The Hall–Kier alpha value is -2.79. The fraction of sp³-hybridized carbons (Fsp3) is 0.250. The number of thiazole rings is 1. The van der Waals surface area contributed by atoms with Gasteiger partial charge in [-0.25, -0.2) is 9.37 Å². The van der Waals surface area contributed by atoms with Crippen LogP contribution in [0.2, 0.25) is 0 Å². The topological polar surface area (TPSA) is 103 Å². The number of carboxylic acids is 1. The van der Waals surface area contributed by atoms with E-state index in [-0.39, 0.29) is 34.7 Å². The van der Waals surface area contributed by atoms with Crippen molar-refractivity contribution in [1.82, 2.24) is 4.98 Å². The molecule has 1 aromatic heterocycles. The summed E-state index contributed by atoms with van der Waals surface area (Å²) in [7, 11) is 0. The van der Waals surface area contributed by atoms with Gasteiger partial charge in [-0.05, 0) is 18.1 Å². The summed E-state index contributed by atoms with van der Waals surface area (Å²) in [5.74, 6) is -2.12. The van der Waals surface area contributed by atoms with Gasteiger partial charge in [-0.1, -0.05) is 30.4 Å². The molecule has 1 atom stereocenters. The molecule has 0 aliphatic rings. The molecular weight excluding hydrogens is 333 g/mol. The van der Waals surface area contributed by atoms with E-state index in [2.05, 4.69) is 10.3 Å². The number of benzene rings is 1. The van der Waals surface area contributed by atoms with Crippen molar-refractivity contribution < 1.29 is 19.1 Å². The van der Waals surface area contributed by atoms with Crippen LogP contribution in [-0.2, 0) is 9.59 Å². The molecule has 0 fully saturated rings. The number of hydrogen-bond acceptors (Lipinski definition) is 5. The van der Waals surface area contributed by atoms with Crippen LogP contribution in [0.15, 0.2) is 24.3 Å². The molecule has 2 N–H and O–H groups in total. The van der Waals surface area contributed by atoms with Crippen LogP contribution >= 0.6 is 11.3 Å². The number of anilines is 1. The van der Waals surface area contributed by atoms with Crippen molar-refractivity contribution in [2.45, 2.75) is 19.8 Å². The van der Waals surface area contributed by atoms with Gasteiger partial charge >= 0.3 is 5.97 Å². The largest absolute Gasteiger partial charge is 0.481 e. The highest BCUT2D eigenvalue weighted by atomic mass is 32.1. The van der Waals surface area contributed by atoms with Gasteiger partial charge in [0, 0.05) is 18.4 Å². The van der Waals surface area contributed by atoms with E-state index in [1.54, 1.807) is 13.0 Å². The van der Waals surface area contributed by atoms with E-state index in [4.69, 9.17) is 5.11 Å². The van der Waals surface area contributed by atoms with Crippen LogP contribution in [0.5, 0.6) is 0 Å². The van der Waals surface area contributed by atoms with Crippen LogP contribution in [0.25, 0.3) is 11.3 Å². The predicted molar refractivity (Wildman–Crippen MR) is 86.9 cm³/mol. The summed E-state index contributed by atoms with van der Waals surface area (Å²) in [6.07, 6.45) is -0.0770. The molecule has 2 aromatic rings. The zero-order valence-corrected chi connectivity index (χ0v) is 13.6. The molecule has 0 spiro atoms. The second-order valence-corrected chi connectivity index (χ2v) is 6.27. The number of carboxylic acid groups (broad SMARTS) is 1. The third kappa shape index (κ3) is 4.60. The van der Waals surface area contributed by atoms with Crippen molar-refractivity contribution in [3.63, 3.8) is 0 Å². The van der Waals surface area contributed by atoms with Gasteiger partial charge in [-0.15, -0.1) is 0 Å². The van der Waals surface area contributed by atoms with E-state index in [1.165, 1.54) is 18.2 Å². The Bertz CT molecular complexity index is 813. The number of nitriles is 1. The summed E-state index contributed by atoms with van der Waals surface area (Å²) in [6, 6.07) is 7.66. The Morgan fingerprint density at radius 2 is 2.21 bits per heavy atom. The number of nitrogens with zero attached hydrogens (tertiary/aromatic N) is 2. The predicted octanol–water partition coefficient (Wildman–Crippen LogP) is 3.26. The number of nitrogens with one attached hydrogen (secondary N) is 1. The van der Waals surface area contributed by atoms with Crippen molar-refractivity contribution in [3.05, 3.63) is 35.0 Å². The summed E-state index contributed by atoms with van der Waals surface area (Å²) >= 11 is 0.987. The SMILES string of the molecule is CC(CC(=O)O)CC(=O)Nc1nc(-c2cccc(F)c2)c(C#N)s1. The van der Waals surface area contributed by atoms with Gasteiger partial charge in [-0.2, -0.15) is 5.26 Å². The minimum atomic E-state index is -0.968. The zero-order valence-electron chi connectivity index (χ0n) is 12.7. The second kappa shape index (κ2) is 7.66. The molecular formula is C16H14FN3O3S. The number of aromatic nitrogens is 1. The Morgan fingerprint density at radius 3 is 2.83 bits per heavy atom. The fourth-order valence-electron chi connectivity index (χ4n) is 2.14. The molecule has 2 rings (SSSR count). The average molecular weight is 347 g/mol. The van der Waals surface area contributed by atoms with E-state index in [0.717, 1.165) is 11.3 Å².